The van der Waals surface area contributed by atoms with Crippen LogP contribution in [0.1, 0.15) is 11.3 Å². The molecule has 1 heterocycles. The van der Waals surface area contributed by atoms with Crippen LogP contribution >= 0.6 is 11.6 Å². The van der Waals surface area contributed by atoms with Crippen molar-refractivity contribution in [2.24, 2.45) is 0 Å². The van der Waals surface area contributed by atoms with Crippen molar-refractivity contribution in [2.75, 3.05) is 11.8 Å². The molecule has 0 aliphatic carbocycles. The van der Waals surface area contributed by atoms with Gasteiger partial charge in [-0.3, -0.25) is 4.72 Å². The van der Waals surface area contributed by atoms with Gasteiger partial charge in [0.15, 0.2) is 5.75 Å². The normalized spacial score (nSPS) is 11.7. The highest BCUT2D eigenvalue weighted by Crippen LogP contribution is 2.38. The van der Waals surface area contributed by atoms with E-state index in [1.165, 1.54) is 37.4 Å². The molecule has 1 aromatic heterocycles. The van der Waals surface area contributed by atoms with Gasteiger partial charge in [-0.1, -0.05) is 29.8 Å². The highest BCUT2D eigenvalue weighted by Gasteiger charge is 2.19. The van der Waals surface area contributed by atoms with Crippen LogP contribution < -0.4 is 9.46 Å². The lowest BCUT2D eigenvalue weighted by atomic mass is 10.1. The molecule has 33 heavy (non-hydrogen) atoms. The molecule has 7 nitrogen and oxygen atoms in total. The Morgan fingerprint density at radius 3 is 2.33 bits per heavy atom. The standard InChI is InChI=1S/C24H19ClN2O5S/c1-32-18-9-11-19(12-10-18)33(30,31)27-22-14-21(25)20-13-6-16(26-23(20)24(22)29)5-2-15-3-7-17(28)8-4-15/h2-14,27-29H,1H3/b5-2+. The van der Waals surface area contributed by atoms with Crippen molar-refractivity contribution in [1.29, 1.82) is 0 Å². The molecule has 4 rings (SSSR count). The SMILES string of the molecule is COc1ccc(S(=O)(=O)Nc2cc(Cl)c3ccc(/C=C/c4ccc(O)cc4)nc3c2O)cc1. The predicted octanol–water partition coefficient (Wildman–Crippen LogP) is 5.28. The van der Waals surface area contributed by atoms with Crippen molar-refractivity contribution >= 4 is 50.4 Å². The maximum absolute atomic E-state index is 12.8. The topological polar surface area (TPSA) is 109 Å². The summed E-state index contributed by atoms with van der Waals surface area (Å²) in [6, 6.07) is 17.2. The number of benzene rings is 3. The Balaban J connectivity index is 1.69. The van der Waals surface area contributed by atoms with Crippen LogP contribution in [0.2, 0.25) is 5.02 Å². The highest BCUT2D eigenvalue weighted by atomic mass is 35.5. The first-order valence-corrected chi connectivity index (χ1v) is 11.6. The van der Waals surface area contributed by atoms with Crippen LogP contribution in [0, 0.1) is 0 Å². The number of rotatable bonds is 6. The first kappa shape index (κ1) is 22.4. The minimum absolute atomic E-state index is 0.00235. The number of phenolic OH excluding ortho intramolecular Hbond substituents is 2. The van der Waals surface area contributed by atoms with E-state index in [-0.39, 0.29) is 32.6 Å². The minimum Gasteiger partial charge on any atom is -0.508 e. The first-order chi connectivity index (χ1) is 15.8. The molecule has 4 aromatic rings. The number of hydrogen-bond acceptors (Lipinski definition) is 6. The number of hydrogen-bond donors (Lipinski definition) is 3. The zero-order valence-corrected chi connectivity index (χ0v) is 18.9. The lowest BCUT2D eigenvalue weighted by molar-refractivity contribution is 0.414. The second-order valence-electron chi connectivity index (χ2n) is 7.09. The number of methoxy groups -OCH3 is 1. The van der Waals surface area contributed by atoms with Gasteiger partial charge in [0.05, 0.1) is 28.4 Å². The van der Waals surface area contributed by atoms with Crippen molar-refractivity contribution in [3.05, 3.63) is 83.0 Å². The van der Waals surface area contributed by atoms with E-state index in [1.54, 1.807) is 48.6 Å². The van der Waals surface area contributed by atoms with Crippen LogP contribution in [-0.4, -0.2) is 30.7 Å². The molecular weight excluding hydrogens is 464 g/mol. The van der Waals surface area contributed by atoms with Gasteiger partial charge in [0.2, 0.25) is 0 Å². The Kier molecular flexibility index (Phi) is 6.13. The lowest BCUT2D eigenvalue weighted by Gasteiger charge is -2.13. The van der Waals surface area contributed by atoms with Gasteiger partial charge in [0.25, 0.3) is 10.0 Å². The molecular formula is C24H19ClN2O5S. The van der Waals surface area contributed by atoms with Gasteiger partial charge in [-0.05, 0) is 66.2 Å². The van der Waals surface area contributed by atoms with Gasteiger partial charge in [0, 0.05) is 5.39 Å². The molecule has 3 N–H and O–H groups in total. The van der Waals surface area contributed by atoms with Gasteiger partial charge < -0.3 is 14.9 Å². The number of pyridine rings is 1. The van der Waals surface area contributed by atoms with E-state index in [9.17, 15) is 18.6 Å². The Morgan fingerprint density at radius 1 is 0.970 bits per heavy atom. The average Bonchev–Trinajstić information content (AvgIpc) is 2.82. The summed E-state index contributed by atoms with van der Waals surface area (Å²) in [4.78, 5) is 4.43. The number of nitrogens with zero attached hydrogens (tertiary/aromatic N) is 1. The lowest BCUT2D eigenvalue weighted by Crippen LogP contribution is -2.13. The summed E-state index contributed by atoms with van der Waals surface area (Å²) in [7, 11) is -2.51. The Labute approximate surface area is 195 Å². The van der Waals surface area contributed by atoms with E-state index in [0.717, 1.165) is 5.56 Å². The van der Waals surface area contributed by atoms with Crippen LogP contribution in [0.5, 0.6) is 17.2 Å². The summed E-state index contributed by atoms with van der Waals surface area (Å²) in [5.41, 5.74) is 1.44. The number of nitrogens with one attached hydrogen (secondary N) is 1. The average molecular weight is 483 g/mol. The van der Waals surface area contributed by atoms with E-state index < -0.39 is 10.0 Å². The maximum atomic E-state index is 12.8. The molecule has 0 spiro atoms. The van der Waals surface area contributed by atoms with Crippen molar-refractivity contribution in [1.82, 2.24) is 4.98 Å². The number of anilines is 1. The predicted molar refractivity (Wildman–Crippen MR) is 129 cm³/mol. The van der Waals surface area contributed by atoms with Crippen molar-refractivity contribution < 1.29 is 23.4 Å². The monoisotopic (exact) mass is 482 g/mol. The van der Waals surface area contributed by atoms with E-state index in [1.807, 2.05) is 0 Å². The van der Waals surface area contributed by atoms with E-state index >= 15 is 0 Å². The van der Waals surface area contributed by atoms with Gasteiger partial charge in [-0.2, -0.15) is 0 Å². The molecule has 0 saturated carbocycles. The van der Waals surface area contributed by atoms with Crippen LogP contribution in [-0.2, 0) is 10.0 Å². The van der Waals surface area contributed by atoms with E-state index in [4.69, 9.17) is 16.3 Å². The summed E-state index contributed by atoms with van der Waals surface area (Å²) >= 11 is 6.34. The van der Waals surface area contributed by atoms with Crippen molar-refractivity contribution in [3.63, 3.8) is 0 Å². The Morgan fingerprint density at radius 2 is 1.67 bits per heavy atom. The maximum Gasteiger partial charge on any atom is 0.262 e. The van der Waals surface area contributed by atoms with Crippen LogP contribution in [0.15, 0.2) is 71.6 Å². The zero-order valence-electron chi connectivity index (χ0n) is 17.4. The fourth-order valence-corrected chi connectivity index (χ4v) is 4.46. The third-order valence-electron chi connectivity index (χ3n) is 4.88. The minimum atomic E-state index is -3.99. The molecule has 168 valence electrons. The number of halogens is 1. The molecule has 0 radical (unpaired) electrons. The van der Waals surface area contributed by atoms with E-state index in [0.29, 0.717) is 16.8 Å². The second kappa shape index (κ2) is 9.01. The Bertz CT molecular complexity index is 1450. The summed E-state index contributed by atoms with van der Waals surface area (Å²) in [6.45, 7) is 0. The molecule has 0 bridgehead atoms. The first-order valence-electron chi connectivity index (χ1n) is 9.73. The molecule has 0 amide bonds. The number of fused-ring (bicyclic) bond motifs is 1. The Hall–Kier alpha value is -3.75. The zero-order chi connectivity index (χ0) is 23.6. The highest BCUT2D eigenvalue weighted by molar-refractivity contribution is 7.92. The second-order valence-corrected chi connectivity index (χ2v) is 9.18. The van der Waals surface area contributed by atoms with Gasteiger partial charge in [-0.25, -0.2) is 13.4 Å². The summed E-state index contributed by atoms with van der Waals surface area (Å²) in [6.07, 6.45) is 3.52. The number of aromatic hydroxyl groups is 2. The molecule has 0 fully saturated rings. The summed E-state index contributed by atoms with van der Waals surface area (Å²) in [5, 5.41) is 20.9. The molecule has 0 aliphatic rings. The summed E-state index contributed by atoms with van der Waals surface area (Å²) < 4.78 is 33.0. The molecule has 0 unspecified atom stereocenters. The molecule has 3 aromatic carbocycles. The third kappa shape index (κ3) is 4.87. The summed E-state index contributed by atoms with van der Waals surface area (Å²) in [5.74, 6) is 0.342. The van der Waals surface area contributed by atoms with Gasteiger partial charge in [0.1, 0.15) is 17.0 Å². The largest absolute Gasteiger partial charge is 0.508 e. The number of sulfonamides is 1. The van der Waals surface area contributed by atoms with Crippen LogP contribution in [0.4, 0.5) is 5.69 Å². The number of ether oxygens (including phenoxy) is 1. The smallest absolute Gasteiger partial charge is 0.262 e. The number of phenols is 2. The number of aromatic nitrogens is 1. The molecule has 9 heteroatoms. The quantitative estimate of drug-likeness (QED) is 0.323. The van der Waals surface area contributed by atoms with Gasteiger partial charge in [-0.15, -0.1) is 0 Å². The molecule has 0 atom stereocenters. The van der Waals surface area contributed by atoms with Gasteiger partial charge >= 0.3 is 0 Å². The fraction of sp³-hybridized carbons (Fsp3) is 0.0417. The van der Waals surface area contributed by atoms with E-state index in [2.05, 4.69) is 9.71 Å². The molecule has 0 aliphatic heterocycles. The third-order valence-corrected chi connectivity index (χ3v) is 6.57. The van der Waals surface area contributed by atoms with Crippen LogP contribution in [0.3, 0.4) is 0 Å². The van der Waals surface area contributed by atoms with Crippen molar-refractivity contribution in [2.45, 2.75) is 4.90 Å². The van der Waals surface area contributed by atoms with Crippen molar-refractivity contribution in [3.8, 4) is 17.2 Å². The van der Waals surface area contributed by atoms with Crippen LogP contribution in [0.25, 0.3) is 23.1 Å². The molecule has 0 saturated heterocycles. The fourth-order valence-electron chi connectivity index (χ4n) is 3.14.